The van der Waals surface area contributed by atoms with Crippen molar-refractivity contribution in [2.75, 3.05) is 30.8 Å². The van der Waals surface area contributed by atoms with Crippen LogP contribution >= 0.6 is 0 Å². The van der Waals surface area contributed by atoms with Gasteiger partial charge < -0.3 is 14.8 Å². The van der Waals surface area contributed by atoms with Crippen molar-refractivity contribution in [3.05, 3.63) is 48.3 Å². The van der Waals surface area contributed by atoms with Crippen LogP contribution in [0.2, 0.25) is 0 Å². The maximum absolute atomic E-state index is 13.0. The van der Waals surface area contributed by atoms with E-state index in [1.54, 1.807) is 18.2 Å². The first-order valence-electron chi connectivity index (χ1n) is 8.62. The van der Waals surface area contributed by atoms with Crippen molar-refractivity contribution >= 4 is 27.3 Å². The van der Waals surface area contributed by atoms with Crippen molar-refractivity contribution in [1.29, 1.82) is 0 Å². The predicted molar refractivity (Wildman–Crippen MR) is 106 cm³/mol. The number of ether oxygens (including phenoxy) is 2. The molecule has 2 aromatic rings. The molecule has 29 heavy (non-hydrogen) atoms. The van der Waals surface area contributed by atoms with Crippen molar-refractivity contribution in [3.8, 4) is 11.5 Å². The molecular weight excluding hydrogens is 403 g/mol. The maximum atomic E-state index is 13.0. The van der Waals surface area contributed by atoms with Crippen LogP contribution in [-0.4, -0.2) is 40.5 Å². The molecule has 11 heteroatoms. The summed E-state index contributed by atoms with van der Waals surface area (Å²) in [5.74, 6) is -0.972. The fourth-order valence-corrected chi connectivity index (χ4v) is 4.38. The zero-order chi connectivity index (χ0) is 21.0. The molecule has 0 bridgehead atoms. The molecule has 2 aromatic carbocycles. The van der Waals surface area contributed by atoms with Gasteiger partial charge in [0, 0.05) is 24.0 Å². The molecule has 2 unspecified atom stereocenters. The van der Waals surface area contributed by atoms with Gasteiger partial charge in [-0.25, -0.2) is 18.2 Å². The second kappa shape index (κ2) is 8.64. The van der Waals surface area contributed by atoms with Gasteiger partial charge in [0.1, 0.15) is 5.82 Å². The standard InChI is InChI=1S/C18H21FN4O5S/c1-27-15-8-7-13(9-16(15)28-2)21-17(24)14-10-20-22-18(14)29(25,26)23-12-5-3-11(19)4-6-12/h3-9,14,18,20,22-23H,10H2,1-2H3,(H,21,24). The molecule has 1 heterocycles. The third-order valence-corrected chi connectivity index (χ3v) is 5.99. The Kier molecular flexibility index (Phi) is 6.20. The topological polar surface area (TPSA) is 118 Å². The number of carbonyl (C=O) groups is 1. The molecule has 9 nitrogen and oxygen atoms in total. The molecule has 0 spiro atoms. The van der Waals surface area contributed by atoms with Crippen LogP contribution in [0.4, 0.5) is 15.8 Å². The summed E-state index contributed by atoms with van der Waals surface area (Å²) in [6.45, 7) is 0.105. The van der Waals surface area contributed by atoms with E-state index in [4.69, 9.17) is 9.47 Å². The minimum atomic E-state index is -3.99. The monoisotopic (exact) mass is 424 g/mol. The second-order valence-corrected chi connectivity index (χ2v) is 8.07. The molecular formula is C18H21FN4O5S. The van der Waals surface area contributed by atoms with E-state index in [0.717, 1.165) is 12.1 Å². The van der Waals surface area contributed by atoms with E-state index in [1.807, 2.05) is 0 Å². The SMILES string of the molecule is COc1ccc(NC(=O)C2CNNC2S(=O)(=O)Nc2ccc(F)cc2)cc1OC. The average molecular weight is 424 g/mol. The Morgan fingerprint density at radius 1 is 1.07 bits per heavy atom. The number of hydrogen-bond donors (Lipinski definition) is 4. The highest BCUT2D eigenvalue weighted by atomic mass is 32.2. The van der Waals surface area contributed by atoms with Crippen LogP contribution in [0.3, 0.4) is 0 Å². The van der Waals surface area contributed by atoms with E-state index >= 15 is 0 Å². The molecule has 1 fully saturated rings. The van der Waals surface area contributed by atoms with E-state index in [9.17, 15) is 17.6 Å². The number of nitrogens with one attached hydrogen (secondary N) is 4. The highest BCUT2D eigenvalue weighted by Gasteiger charge is 2.42. The largest absolute Gasteiger partial charge is 0.493 e. The van der Waals surface area contributed by atoms with Crippen LogP contribution in [0.5, 0.6) is 11.5 Å². The van der Waals surface area contributed by atoms with Gasteiger partial charge in [-0.05, 0) is 36.4 Å². The van der Waals surface area contributed by atoms with Crippen molar-refractivity contribution in [2.24, 2.45) is 5.92 Å². The lowest BCUT2D eigenvalue weighted by atomic mass is 10.1. The molecule has 0 aromatic heterocycles. The van der Waals surface area contributed by atoms with Gasteiger partial charge in [0.25, 0.3) is 10.0 Å². The van der Waals surface area contributed by atoms with Gasteiger partial charge in [-0.1, -0.05) is 0 Å². The highest BCUT2D eigenvalue weighted by molar-refractivity contribution is 7.93. The molecule has 1 amide bonds. The fraction of sp³-hybridized carbons (Fsp3) is 0.278. The van der Waals surface area contributed by atoms with Crippen LogP contribution in [0, 0.1) is 11.7 Å². The molecule has 156 valence electrons. The average Bonchev–Trinajstić information content (AvgIpc) is 3.20. The van der Waals surface area contributed by atoms with E-state index in [0.29, 0.717) is 17.2 Å². The number of rotatable bonds is 7. The zero-order valence-electron chi connectivity index (χ0n) is 15.7. The van der Waals surface area contributed by atoms with Gasteiger partial charge in [-0.15, -0.1) is 0 Å². The number of halogens is 1. The van der Waals surface area contributed by atoms with Crippen molar-refractivity contribution in [2.45, 2.75) is 5.37 Å². The molecule has 1 saturated heterocycles. The van der Waals surface area contributed by atoms with Crippen LogP contribution in [-0.2, 0) is 14.8 Å². The summed E-state index contributed by atoms with van der Waals surface area (Å²) in [6, 6.07) is 9.70. The van der Waals surface area contributed by atoms with Gasteiger partial charge in [0.2, 0.25) is 5.91 Å². The molecule has 3 rings (SSSR count). The lowest BCUT2D eigenvalue weighted by molar-refractivity contribution is -0.119. The van der Waals surface area contributed by atoms with Crippen molar-refractivity contribution in [3.63, 3.8) is 0 Å². The normalized spacial score (nSPS) is 18.9. The Bertz CT molecular complexity index is 984. The van der Waals surface area contributed by atoms with Gasteiger partial charge >= 0.3 is 0 Å². The fourth-order valence-electron chi connectivity index (χ4n) is 2.90. The van der Waals surface area contributed by atoms with E-state index in [-0.39, 0.29) is 12.2 Å². The Labute approximate surface area is 167 Å². The Morgan fingerprint density at radius 3 is 2.38 bits per heavy atom. The van der Waals surface area contributed by atoms with Crippen LogP contribution in [0.15, 0.2) is 42.5 Å². The van der Waals surface area contributed by atoms with Gasteiger partial charge in [-0.2, -0.15) is 0 Å². The van der Waals surface area contributed by atoms with Gasteiger partial charge in [0.05, 0.1) is 20.1 Å². The quantitative estimate of drug-likeness (QED) is 0.529. The Morgan fingerprint density at radius 2 is 1.72 bits per heavy atom. The lowest BCUT2D eigenvalue weighted by Gasteiger charge is -2.20. The molecule has 2 atom stereocenters. The first-order valence-corrected chi connectivity index (χ1v) is 10.2. The number of hydrogen-bond acceptors (Lipinski definition) is 7. The molecule has 0 saturated carbocycles. The van der Waals surface area contributed by atoms with Gasteiger partial charge in [-0.3, -0.25) is 14.9 Å². The van der Waals surface area contributed by atoms with Crippen LogP contribution in [0.25, 0.3) is 0 Å². The van der Waals surface area contributed by atoms with E-state index in [2.05, 4.69) is 20.9 Å². The van der Waals surface area contributed by atoms with E-state index < -0.39 is 33.0 Å². The van der Waals surface area contributed by atoms with Crippen LogP contribution in [0.1, 0.15) is 0 Å². The number of methoxy groups -OCH3 is 2. The number of amides is 1. The maximum Gasteiger partial charge on any atom is 0.250 e. The molecule has 0 radical (unpaired) electrons. The summed E-state index contributed by atoms with van der Waals surface area (Å²) in [5.41, 5.74) is 5.93. The summed E-state index contributed by atoms with van der Waals surface area (Å²) in [5, 5.41) is 1.46. The molecule has 1 aliphatic rings. The summed E-state index contributed by atoms with van der Waals surface area (Å²) in [7, 11) is -1.02. The minimum Gasteiger partial charge on any atom is -0.493 e. The number of anilines is 2. The Balaban J connectivity index is 1.74. The number of benzene rings is 2. The predicted octanol–water partition coefficient (Wildman–Crippen LogP) is 1.27. The smallest absolute Gasteiger partial charge is 0.250 e. The van der Waals surface area contributed by atoms with E-state index in [1.165, 1.54) is 26.4 Å². The summed E-state index contributed by atoms with van der Waals surface area (Å²) in [6.07, 6.45) is 0. The number of hydrazine groups is 1. The first kappa shape index (κ1) is 20.8. The van der Waals surface area contributed by atoms with Crippen molar-refractivity contribution < 1.29 is 27.1 Å². The first-order chi connectivity index (χ1) is 13.8. The Hall–Kier alpha value is -2.89. The zero-order valence-corrected chi connectivity index (χ0v) is 16.5. The number of carbonyl (C=O) groups excluding carboxylic acids is 1. The number of sulfonamides is 1. The lowest BCUT2D eigenvalue weighted by Crippen LogP contribution is -2.45. The molecule has 1 aliphatic heterocycles. The molecule has 4 N–H and O–H groups in total. The summed E-state index contributed by atoms with van der Waals surface area (Å²) < 4.78 is 51.2. The highest BCUT2D eigenvalue weighted by Crippen LogP contribution is 2.30. The van der Waals surface area contributed by atoms with Gasteiger partial charge in [0.15, 0.2) is 16.9 Å². The summed E-state index contributed by atoms with van der Waals surface area (Å²) in [4.78, 5) is 12.7. The third-order valence-electron chi connectivity index (χ3n) is 4.36. The van der Waals surface area contributed by atoms with Crippen LogP contribution < -0.4 is 30.4 Å². The summed E-state index contributed by atoms with van der Waals surface area (Å²) >= 11 is 0. The van der Waals surface area contributed by atoms with Crippen molar-refractivity contribution in [1.82, 2.24) is 10.9 Å². The second-order valence-electron chi connectivity index (χ2n) is 6.27. The minimum absolute atomic E-state index is 0.105. The third kappa shape index (κ3) is 4.75. The molecule has 0 aliphatic carbocycles.